The molecule has 1 aromatic heterocycles. The minimum atomic E-state index is -0.990. The molecule has 7 heteroatoms. The van der Waals surface area contributed by atoms with E-state index in [1.54, 1.807) is 19.1 Å². The van der Waals surface area contributed by atoms with E-state index in [0.717, 1.165) is 43.0 Å². The highest BCUT2D eigenvalue weighted by Gasteiger charge is 2.48. The molecule has 0 radical (unpaired) electrons. The number of nitrogens with zero attached hydrogens (tertiary/aromatic N) is 2. The zero-order valence-corrected chi connectivity index (χ0v) is 20.6. The zero-order valence-electron chi connectivity index (χ0n) is 20.6. The first-order valence-electron chi connectivity index (χ1n) is 12.2. The van der Waals surface area contributed by atoms with Crippen molar-refractivity contribution >= 4 is 22.7 Å². The second-order valence-electron chi connectivity index (χ2n) is 9.77. The van der Waals surface area contributed by atoms with Crippen LogP contribution in [0.2, 0.25) is 0 Å². The van der Waals surface area contributed by atoms with Crippen molar-refractivity contribution in [1.82, 2.24) is 14.8 Å². The number of fused-ring (bicyclic) bond motifs is 3. The molecule has 3 atom stereocenters. The summed E-state index contributed by atoms with van der Waals surface area (Å²) < 4.78 is 13.2. The molecule has 1 saturated carbocycles. The van der Waals surface area contributed by atoms with Gasteiger partial charge in [-0.15, -0.1) is 0 Å². The zero-order chi connectivity index (χ0) is 23.8. The maximum Gasteiger partial charge on any atom is 0.271 e. The fourth-order valence-corrected chi connectivity index (χ4v) is 5.48. The highest BCUT2D eigenvalue weighted by molar-refractivity contribution is 6.05. The van der Waals surface area contributed by atoms with Crippen molar-refractivity contribution < 1.29 is 19.1 Å². The molecule has 7 nitrogen and oxygen atoms in total. The van der Waals surface area contributed by atoms with E-state index in [2.05, 4.69) is 19.2 Å². The number of rotatable bonds is 7. The lowest BCUT2D eigenvalue weighted by Crippen LogP contribution is -2.65. The second-order valence-corrected chi connectivity index (χ2v) is 9.77. The van der Waals surface area contributed by atoms with Crippen molar-refractivity contribution in [3.8, 4) is 11.5 Å². The number of benzene rings is 1. The summed E-state index contributed by atoms with van der Waals surface area (Å²) >= 11 is 0. The number of carbonyl (C=O) groups excluding carboxylic acids is 2. The fraction of sp³-hybridized carbons (Fsp3) is 0.615. The van der Waals surface area contributed by atoms with E-state index < -0.39 is 5.54 Å². The van der Waals surface area contributed by atoms with Crippen LogP contribution >= 0.6 is 0 Å². The Morgan fingerprint density at radius 2 is 1.88 bits per heavy atom. The van der Waals surface area contributed by atoms with Gasteiger partial charge in [0.15, 0.2) is 0 Å². The summed E-state index contributed by atoms with van der Waals surface area (Å²) in [6.07, 6.45) is 6.27. The van der Waals surface area contributed by atoms with Gasteiger partial charge in [-0.05, 0) is 50.3 Å². The molecule has 33 heavy (non-hydrogen) atoms. The number of unbranched alkanes of at least 4 members (excludes halogenated alkanes) is 1. The highest BCUT2D eigenvalue weighted by Crippen LogP contribution is 2.40. The van der Waals surface area contributed by atoms with Gasteiger partial charge >= 0.3 is 0 Å². The van der Waals surface area contributed by atoms with Crippen molar-refractivity contribution in [3.05, 3.63) is 23.9 Å². The number of carbonyl (C=O) groups is 2. The largest absolute Gasteiger partial charge is 0.496 e. The van der Waals surface area contributed by atoms with Gasteiger partial charge in [0.1, 0.15) is 22.7 Å². The Kier molecular flexibility index (Phi) is 6.59. The molecule has 2 heterocycles. The monoisotopic (exact) mass is 455 g/mol. The van der Waals surface area contributed by atoms with Crippen LogP contribution in [0.15, 0.2) is 18.2 Å². The fourth-order valence-electron chi connectivity index (χ4n) is 5.48. The number of nitrogens with one attached hydrogen (secondary N) is 1. The number of amides is 2. The van der Waals surface area contributed by atoms with Gasteiger partial charge in [0.05, 0.1) is 26.3 Å². The first-order chi connectivity index (χ1) is 15.8. The molecule has 0 unspecified atom stereocenters. The van der Waals surface area contributed by atoms with E-state index in [0.29, 0.717) is 36.2 Å². The van der Waals surface area contributed by atoms with Crippen molar-refractivity contribution in [3.63, 3.8) is 0 Å². The Hall–Kier alpha value is -2.70. The lowest BCUT2D eigenvalue weighted by molar-refractivity contribution is -0.134. The molecule has 2 amide bonds. The number of methoxy groups -OCH3 is 2. The molecule has 2 aromatic rings. The average Bonchev–Trinajstić information content (AvgIpc) is 3.19. The van der Waals surface area contributed by atoms with Gasteiger partial charge in [-0.1, -0.05) is 33.1 Å². The van der Waals surface area contributed by atoms with Gasteiger partial charge in [-0.25, -0.2) is 0 Å². The molecule has 0 saturated heterocycles. The lowest BCUT2D eigenvalue weighted by atomic mass is 9.85. The van der Waals surface area contributed by atoms with Crippen molar-refractivity contribution in [2.45, 2.75) is 77.4 Å². The smallest absolute Gasteiger partial charge is 0.271 e. The van der Waals surface area contributed by atoms with Crippen molar-refractivity contribution in [2.75, 3.05) is 20.8 Å². The number of aromatic nitrogens is 1. The Balaban J connectivity index is 1.79. The first kappa shape index (κ1) is 23.5. The molecule has 180 valence electrons. The van der Waals surface area contributed by atoms with E-state index >= 15 is 0 Å². The standard InChI is InChI=1S/C26H37N3O4/c1-6-7-14-29-24(30)20-15-18-21(32-4)12-13-22(33-5)23(18)28(20)16-26(29,3)25(31)27-19-11-9-8-10-17(19)2/h12-13,15,17,19H,6-11,14,16H2,1-5H3,(H,27,31)/t17-,19+,26-/m1/s1. The van der Waals surface area contributed by atoms with Gasteiger partial charge in [-0.2, -0.15) is 0 Å². The van der Waals surface area contributed by atoms with Gasteiger partial charge < -0.3 is 24.3 Å². The van der Waals surface area contributed by atoms with Crippen LogP contribution in [-0.2, 0) is 11.3 Å². The van der Waals surface area contributed by atoms with Gasteiger partial charge in [-0.3, -0.25) is 9.59 Å². The molecular weight excluding hydrogens is 418 g/mol. The third-order valence-electron chi connectivity index (χ3n) is 7.60. The number of hydrogen-bond acceptors (Lipinski definition) is 4. The van der Waals surface area contributed by atoms with Crippen molar-refractivity contribution in [1.29, 1.82) is 0 Å². The minimum absolute atomic E-state index is 0.0694. The van der Waals surface area contributed by atoms with Crippen LogP contribution < -0.4 is 14.8 Å². The maximum atomic E-state index is 13.8. The molecule has 0 bridgehead atoms. The predicted octanol–water partition coefficient (Wildman–Crippen LogP) is 4.37. The lowest BCUT2D eigenvalue weighted by Gasteiger charge is -2.45. The predicted molar refractivity (Wildman–Crippen MR) is 129 cm³/mol. The molecule has 1 aromatic carbocycles. The normalized spacial score (nSPS) is 25.1. The van der Waals surface area contributed by atoms with E-state index in [1.165, 1.54) is 6.42 Å². The van der Waals surface area contributed by atoms with E-state index in [-0.39, 0.29) is 17.9 Å². The summed E-state index contributed by atoms with van der Waals surface area (Å²) in [5.74, 6) is 1.60. The van der Waals surface area contributed by atoms with Crippen LogP contribution in [0.5, 0.6) is 11.5 Å². The molecule has 1 fully saturated rings. The third-order valence-corrected chi connectivity index (χ3v) is 7.60. The Bertz CT molecular complexity index is 1050. The quantitative estimate of drug-likeness (QED) is 0.673. The van der Waals surface area contributed by atoms with E-state index in [1.807, 2.05) is 29.7 Å². The SMILES string of the molecule is CCCCN1C(=O)c2cc3c(OC)ccc(OC)c3n2C[C@]1(C)C(=O)N[C@H]1CCCC[C@H]1C. The Morgan fingerprint density at radius 3 is 2.55 bits per heavy atom. The summed E-state index contributed by atoms with van der Waals surface area (Å²) in [6, 6.07) is 5.73. The highest BCUT2D eigenvalue weighted by atomic mass is 16.5. The molecule has 1 aliphatic carbocycles. The molecule has 1 N–H and O–H groups in total. The summed E-state index contributed by atoms with van der Waals surface area (Å²) in [5.41, 5.74) is 0.372. The van der Waals surface area contributed by atoms with Crippen molar-refractivity contribution in [2.24, 2.45) is 5.92 Å². The van der Waals surface area contributed by atoms with Gasteiger partial charge in [0, 0.05) is 18.0 Å². The van der Waals surface area contributed by atoms with Crippen LogP contribution in [-0.4, -0.2) is 53.6 Å². The molecular formula is C26H37N3O4. The minimum Gasteiger partial charge on any atom is -0.496 e. The van der Waals surface area contributed by atoms with Crippen LogP contribution in [0.4, 0.5) is 0 Å². The molecule has 0 spiro atoms. The summed E-state index contributed by atoms with van der Waals surface area (Å²) in [7, 11) is 3.24. The average molecular weight is 456 g/mol. The van der Waals surface area contributed by atoms with Crippen LogP contribution in [0.25, 0.3) is 10.9 Å². The Labute approximate surface area is 196 Å². The van der Waals surface area contributed by atoms with E-state index in [9.17, 15) is 9.59 Å². The summed E-state index contributed by atoms with van der Waals surface area (Å²) in [5, 5.41) is 4.15. The Morgan fingerprint density at radius 1 is 1.18 bits per heavy atom. The first-order valence-corrected chi connectivity index (χ1v) is 12.2. The van der Waals surface area contributed by atoms with Gasteiger partial charge in [0.2, 0.25) is 5.91 Å². The topological polar surface area (TPSA) is 72.8 Å². The van der Waals surface area contributed by atoms with E-state index in [4.69, 9.17) is 9.47 Å². The maximum absolute atomic E-state index is 13.8. The molecule has 4 rings (SSSR count). The third kappa shape index (κ3) is 3.96. The number of ether oxygens (including phenoxy) is 2. The number of hydrogen-bond donors (Lipinski definition) is 1. The van der Waals surface area contributed by atoms with Crippen LogP contribution in [0.3, 0.4) is 0 Å². The second kappa shape index (κ2) is 9.27. The molecule has 2 aliphatic rings. The van der Waals surface area contributed by atoms with Crippen LogP contribution in [0, 0.1) is 5.92 Å². The van der Waals surface area contributed by atoms with Crippen LogP contribution in [0.1, 0.15) is 69.8 Å². The summed E-state index contributed by atoms with van der Waals surface area (Å²) in [4.78, 5) is 29.4. The molecule has 1 aliphatic heterocycles. The summed E-state index contributed by atoms with van der Waals surface area (Å²) in [6.45, 7) is 7.14. The van der Waals surface area contributed by atoms with Gasteiger partial charge in [0.25, 0.3) is 5.91 Å².